The number of pyridine rings is 1. The average Bonchev–Trinajstić information content (AvgIpc) is 2.77. The molecule has 1 nitrogen and oxygen atoms in total. The van der Waals surface area contributed by atoms with E-state index in [2.05, 4.69) is 4.98 Å². The molecular formula is C8H7ClFN. The highest BCUT2D eigenvalue weighted by Crippen LogP contribution is 2.39. The smallest absolute Gasteiger partial charge is 0.160 e. The molecule has 1 aliphatic carbocycles. The second kappa shape index (κ2) is 2.45. The number of hydrogen-bond donors (Lipinski definition) is 0. The Labute approximate surface area is 69.2 Å². The molecule has 3 heteroatoms. The van der Waals surface area contributed by atoms with Crippen molar-refractivity contribution in [2.75, 3.05) is 0 Å². The zero-order chi connectivity index (χ0) is 7.84. The average molecular weight is 172 g/mol. The largest absolute Gasteiger partial charge is 0.258 e. The third kappa shape index (κ3) is 1.36. The van der Waals surface area contributed by atoms with Gasteiger partial charge in [0.1, 0.15) is 0 Å². The fourth-order valence-corrected chi connectivity index (χ4v) is 1.19. The van der Waals surface area contributed by atoms with Crippen LogP contribution in [0.25, 0.3) is 0 Å². The van der Waals surface area contributed by atoms with E-state index in [9.17, 15) is 4.39 Å². The summed E-state index contributed by atoms with van der Waals surface area (Å²) in [6, 6.07) is 1.62. The van der Waals surface area contributed by atoms with Crippen LogP contribution in [0.4, 0.5) is 4.39 Å². The van der Waals surface area contributed by atoms with Crippen molar-refractivity contribution < 1.29 is 4.39 Å². The minimum Gasteiger partial charge on any atom is -0.258 e. The first-order valence-electron chi connectivity index (χ1n) is 3.58. The maximum absolute atomic E-state index is 12.6. The third-order valence-electron chi connectivity index (χ3n) is 1.83. The summed E-state index contributed by atoms with van der Waals surface area (Å²) in [4.78, 5) is 3.94. The Kier molecular flexibility index (Phi) is 1.57. The van der Waals surface area contributed by atoms with Gasteiger partial charge in [0.15, 0.2) is 5.82 Å². The summed E-state index contributed by atoms with van der Waals surface area (Å²) in [6.07, 6.45) is 3.51. The van der Waals surface area contributed by atoms with Crippen molar-refractivity contribution in [3.05, 3.63) is 28.8 Å². The van der Waals surface area contributed by atoms with Gasteiger partial charge in [-0.2, -0.15) is 0 Å². The molecule has 58 valence electrons. The van der Waals surface area contributed by atoms with E-state index in [0.29, 0.717) is 5.92 Å². The molecule has 1 saturated carbocycles. The van der Waals surface area contributed by atoms with Crippen molar-refractivity contribution in [1.82, 2.24) is 4.98 Å². The highest BCUT2D eigenvalue weighted by Gasteiger charge is 2.25. The molecule has 1 aromatic rings. The van der Waals surface area contributed by atoms with Crippen LogP contribution in [0, 0.1) is 5.82 Å². The number of rotatable bonds is 1. The summed E-state index contributed by atoms with van der Waals surface area (Å²) in [5.41, 5.74) is 0.927. The van der Waals surface area contributed by atoms with Crippen molar-refractivity contribution in [1.29, 1.82) is 0 Å². The van der Waals surface area contributed by atoms with Gasteiger partial charge in [-0.3, -0.25) is 4.98 Å². The van der Waals surface area contributed by atoms with Gasteiger partial charge >= 0.3 is 0 Å². The molecule has 0 radical (unpaired) electrons. The molecule has 1 heterocycles. The lowest BCUT2D eigenvalue weighted by atomic mass is 10.2. The van der Waals surface area contributed by atoms with Crippen LogP contribution < -0.4 is 0 Å². The second-order valence-corrected chi connectivity index (χ2v) is 3.20. The predicted octanol–water partition coefficient (Wildman–Crippen LogP) is 2.75. The van der Waals surface area contributed by atoms with Crippen LogP contribution in [0.5, 0.6) is 0 Å². The molecule has 0 aliphatic heterocycles. The van der Waals surface area contributed by atoms with Crippen molar-refractivity contribution in [2.45, 2.75) is 18.8 Å². The number of nitrogens with zero attached hydrogens (tertiary/aromatic N) is 1. The lowest BCUT2D eigenvalue weighted by molar-refractivity contribution is 0.619. The zero-order valence-corrected chi connectivity index (χ0v) is 6.61. The third-order valence-corrected chi connectivity index (χ3v) is 2.12. The van der Waals surface area contributed by atoms with E-state index in [4.69, 9.17) is 11.6 Å². The van der Waals surface area contributed by atoms with Crippen molar-refractivity contribution >= 4 is 11.6 Å². The molecule has 0 amide bonds. The van der Waals surface area contributed by atoms with E-state index < -0.39 is 5.82 Å². The van der Waals surface area contributed by atoms with Crippen LogP contribution in [0.3, 0.4) is 0 Å². The Hall–Kier alpha value is -0.630. The van der Waals surface area contributed by atoms with Gasteiger partial charge in [0.25, 0.3) is 0 Å². The van der Waals surface area contributed by atoms with Crippen molar-refractivity contribution in [3.63, 3.8) is 0 Å². The quantitative estimate of drug-likeness (QED) is 0.633. The fraction of sp³-hybridized carbons (Fsp3) is 0.375. The van der Waals surface area contributed by atoms with Crippen LogP contribution in [-0.2, 0) is 0 Å². The van der Waals surface area contributed by atoms with E-state index in [1.165, 1.54) is 6.20 Å². The molecule has 2 rings (SSSR count). The molecule has 0 aromatic carbocycles. The van der Waals surface area contributed by atoms with Gasteiger partial charge in [-0.05, 0) is 18.9 Å². The minimum absolute atomic E-state index is 0.182. The number of halogens is 2. The molecule has 11 heavy (non-hydrogen) atoms. The molecule has 1 aromatic heterocycles. The normalized spacial score (nSPS) is 16.9. The van der Waals surface area contributed by atoms with Crippen LogP contribution in [0.2, 0.25) is 5.02 Å². The molecule has 0 unspecified atom stereocenters. The van der Waals surface area contributed by atoms with Gasteiger partial charge in [-0.25, -0.2) is 4.39 Å². The Bertz CT molecular complexity index is 283. The summed E-state index contributed by atoms with van der Waals surface area (Å²) < 4.78 is 12.6. The lowest BCUT2D eigenvalue weighted by Crippen LogP contribution is -1.87. The van der Waals surface area contributed by atoms with Crippen LogP contribution in [0.1, 0.15) is 24.5 Å². The first-order chi connectivity index (χ1) is 5.27. The summed E-state index contributed by atoms with van der Waals surface area (Å²) in [7, 11) is 0. The highest BCUT2D eigenvalue weighted by molar-refractivity contribution is 6.30. The molecule has 0 bridgehead atoms. The standard InChI is InChI=1S/C8H7ClFN/c9-6-3-8(5-1-2-5)11-4-7(6)10/h3-5H,1-2H2. The molecule has 0 atom stereocenters. The Morgan fingerprint density at radius 3 is 2.82 bits per heavy atom. The Morgan fingerprint density at radius 2 is 2.27 bits per heavy atom. The maximum Gasteiger partial charge on any atom is 0.160 e. The highest BCUT2D eigenvalue weighted by atomic mass is 35.5. The first-order valence-corrected chi connectivity index (χ1v) is 3.96. The van der Waals surface area contributed by atoms with Crippen LogP contribution in [0.15, 0.2) is 12.3 Å². The summed E-state index contributed by atoms with van der Waals surface area (Å²) >= 11 is 5.57. The Morgan fingerprint density at radius 1 is 1.55 bits per heavy atom. The summed E-state index contributed by atoms with van der Waals surface area (Å²) in [6.45, 7) is 0. The summed E-state index contributed by atoms with van der Waals surface area (Å²) in [5.74, 6) is 0.101. The monoisotopic (exact) mass is 171 g/mol. The molecule has 0 N–H and O–H groups in total. The zero-order valence-electron chi connectivity index (χ0n) is 5.85. The molecule has 0 saturated heterocycles. The number of aromatic nitrogens is 1. The predicted molar refractivity (Wildman–Crippen MR) is 41.2 cm³/mol. The van der Waals surface area contributed by atoms with Gasteiger partial charge in [0.2, 0.25) is 0 Å². The van der Waals surface area contributed by atoms with Gasteiger partial charge < -0.3 is 0 Å². The van der Waals surface area contributed by atoms with E-state index >= 15 is 0 Å². The molecular weight excluding hydrogens is 165 g/mol. The first kappa shape index (κ1) is 7.04. The van der Waals surface area contributed by atoms with Crippen LogP contribution >= 0.6 is 11.6 Å². The van der Waals surface area contributed by atoms with Gasteiger partial charge in [0, 0.05) is 11.6 Å². The fourth-order valence-electron chi connectivity index (χ4n) is 1.03. The van der Waals surface area contributed by atoms with Gasteiger partial charge in [-0.15, -0.1) is 0 Å². The van der Waals surface area contributed by atoms with Crippen LogP contribution in [-0.4, -0.2) is 4.98 Å². The van der Waals surface area contributed by atoms with E-state index in [1.54, 1.807) is 6.07 Å². The minimum atomic E-state index is -0.434. The topological polar surface area (TPSA) is 12.9 Å². The van der Waals surface area contributed by atoms with E-state index in [1.807, 2.05) is 0 Å². The lowest BCUT2D eigenvalue weighted by Gasteiger charge is -1.97. The summed E-state index contributed by atoms with van der Waals surface area (Å²) in [5, 5.41) is 0.182. The number of hydrogen-bond acceptors (Lipinski definition) is 1. The van der Waals surface area contributed by atoms with E-state index in [-0.39, 0.29) is 5.02 Å². The van der Waals surface area contributed by atoms with Crippen molar-refractivity contribution in [3.8, 4) is 0 Å². The second-order valence-electron chi connectivity index (χ2n) is 2.80. The van der Waals surface area contributed by atoms with Gasteiger partial charge in [-0.1, -0.05) is 11.6 Å². The Balaban J connectivity index is 2.36. The molecule has 1 fully saturated rings. The molecule has 1 aliphatic rings. The maximum atomic E-state index is 12.6. The SMILES string of the molecule is Fc1cnc(C2CC2)cc1Cl. The molecule has 0 spiro atoms. The van der Waals surface area contributed by atoms with E-state index in [0.717, 1.165) is 18.5 Å². The van der Waals surface area contributed by atoms with Gasteiger partial charge in [0.05, 0.1) is 11.2 Å². The van der Waals surface area contributed by atoms with Crippen molar-refractivity contribution in [2.24, 2.45) is 0 Å².